The smallest absolute Gasteiger partial charge is 0.341 e. The Bertz CT molecular complexity index is 471. The molecule has 5 heteroatoms. The second kappa shape index (κ2) is 6.72. The van der Waals surface area contributed by atoms with Gasteiger partial charge < -0.3 is 14.6 Å². The van der Waals surface area contributed by atoms with Gasteiger partial charge in [-0.15, -0.1) is 0 Å². The summed E-state index contributed by atoms with van der Waals surface area (Å²) in [6.07, 6.45) is 2.85. The van der Waals surface area contributed by atoms with Crippen LogP contribution in [-0.2, 0) is 16.0 Å². The number of phenolic OH excluding ortho intramolecular Hbond substituents is 1. The van der Waals surface area contributed by atoms with Gasteiger partial charge >= 0.3 is 5.97 Å². The van der Waals surface area contributed by atoms with E-state index < -0.39 is 5.97 Å². The third-order valence-electron chi connectivity index (χ3n) is 3.27. The molecule has 1 aromatic rings. The largest absolute Gasteiger partial charge is 0.507 e. The second-order valence-corrected chi connectivity index (χ2v) is 5.15. The first-order valence-electron chi connectivity index (χ1n) is 6.80. The van der Waals surface area contributed by atoms with Crippen molar-refractivity contribution in [2.75, 3.05) is 27.3 Å². The van der Waals surface area contributed by atoms with Crippen LogP contribution in [-0.4, -0.2) is 49.4 Å². The van der Waals surface area contributed by atoms with Crippen molar-refractivity contribution in [3.8, 4) is 5.75 Å². The summed E-state index contributed by atoms with van der Waals surface area (Å²) < 4.78 is 10.2. The van der Waals surface area contributed by atoms with E-state index in [2.05, 4.69) is 9.64 Å². The van der Waals surface area contributed by atoms with Crippen molar-refractivity contribution >= 4 is 5.97 Å². The zero-order valence-electron chi connectivity index (χ0n) is 12.0. The molecule has 0 bridgehead atoms. The number of carbonyl (C=O) groups excluding carboxylic acids is 1. The minimum absolute atomic E-state index is 0.0445. The van der Waals surface area contributed by atoms with Crippen molar-refractivity contribution in [1.82, 2.24) is 4.90 Å². The van der Waals surface area contributed by atoms with Crippen molar-refractivity contribution < 1.29 is 19.4 Å². The molecule has 1 N–H and O–H groups in total. The molecule has 0 aliphatic heterocycles. The third-order valence-corrected chi connectivity index (χ3v) is 3.27. The van der Waals surface area contributed by atoms with Gasteiger partial charge in [0.05, 0.1) is 19.8 Å². The van der Waals surface area contributed by atoms with Crippen molar-refractivity contribution in [3.63, 3.8) is 0 Å². The molecular weight excluding hydrogens is 258 g/mol. The molecule has 1 saturated carbocycles. The van der Waals surface area contributed by atoms with E-state index in [0.717, 1.165) is 18.7 Å². The van der Waals surface area contributed by atoms with Crippen molar-refractivity contribution in [2.24, 2.45) is 0 Å². The highest BCUT2D eigenvalue weighted by Gasteiger charge is 2.21. The van der Waals surface area contributed by atoms with E-state index in [1.165, 1.54) is 20.0 Å². The highest BCUT2D eigenvalue weighted by atomic mass is 16.5. The molecule has 0 saturated heterocycles. The molecule has 0 amide bonds. The summed E-state index contributed by atoms with van der Waals surface area (Å²) in [6, 6.07) is 5.01. The summed E-state index contributed by atoms with van der Waals surface area (Å²) in [5, 5.41) is 9.82. The Morgan fingerprint density at radius 3 is 2.80 bits per heavy atom. The molecule has 1 fully saturated rings. The Morgan fingerprint density at radius 2 is 2.20 bits per heavy atom. The second-order valence-electron chi connectivity index (χ2n) is 5.15. The molecule has 2 rings (SSSR count). The monoisotopic (exact) mass is 279 g/mol. The van der Waals surface area contributed by atoms with E-state index in [-0.39, 0.29) is 11.3 Å². The van der Waals surface area contributed by atoms with Crippen LogP contribution in [0.4, 0.5) is 0 Å². The summed E-state index contributed by atoms with van der Waals surface area (Å²) >= 11 is 0. The summed E-state index contributed by atoms with van der Waals surface area (Å²) in [6.45, 7) is 2.27. The first-order valence-corrected chi connectivity index (χ1v) is 6.80. The number of hydrogen-bond acceptors (Lipinski definition) is 5. The molecule has 5 nitrogen and oxygen atoms in total. The predicted molar refractivity (Wildman–Crippen MR) is 74.8 cm³/mol. The minimum atomic E-state index is -0.528. The summed E-state index contributed by atoms with van der Waals surface area (Å²) in [4.78, 5) is 13.5. The van der Waals surface area contributed by atoms with Crippen LogP contribution in [0.2, 0.25) is 0 Å². The van der Waals surface area contributed by atoms with Crippen LogP contribution in [0.5, 0.6) is 5.75 Å². The number of aromatic hydroxyl groups is 1. The standard InChI is InChI=1S/C15H21NO4/c1-16(7-8-20-12-4-5-12)10-11-3-6-13(14(17)9-11)15(18)19-2/h3,6,9,12,17H,4-5,7-8,10H2,1-2H3. The van der Waals surface area contributed by atoms with Crippen LogP contribution in [0.15, 0.2) is 18.2 Å². The quantitative estimate of drug-likeness (QED) is 0.771. The van der Waals surface area contributed by atoms with Crippen molar-refractivity contribution in [3.05, 3.63) is 29.3 Å². The van der Waals surface area contributed by atoms with Crippen molar-refractivity contribution in [1.29, 1.82) is 0 Å². The van der Waals surface area contributed by atoms with E-state index in [0.29, 0.717) is 12.6 Å². The number of carbonyl (C=O) groups is 1. The van der Waals surface area contributed by atoms with Crippen LogP contribution in [0.1, 0.15) is 28.8 Å². The summed E-state index contributed by atoms with van der Waals surface area (Å²) in [5.41, 5.74) is 1.14. The predicted octanol–water partition coefficient (Wildman–Crippen LogP) is 1.79. The molecule has 1 aliphatic carbocycles. The number of phenols is 1. The van der Waals surface area contributed by atoms with Gasteiger partial charge in [0.15, 0.2) is 0 Å². The van der Waals surface area contributed by atoms with Gasteiger partial charge in [-0.2, -0.15) is 0 Å². The lowest BCUT2D eigenvalue weighted by Crippen LogP contribution is -2.23. The highest BCUT2D eigenvalue weighted by molar-refractivity contribution is 5.92. The Labute approximate surface area is 119 Å². The number of likely N-dealkylation sites (N-methyl/N-ethyl adjacent to an activating group) is 1. The number of methoxy groups -OCH3 is 1. The van der Waals surface area contributed by atoms with Gasteiger partial charge in [0, 0.05) is 13.1 Å². The number of esters is 1. The van der Waals surface area contributed by atoms with E-state index in [9.17, 15) is 9.90 Å². The lowest BCUT2D eigenvalue weighted by Gasteiger charge is -2.17. The van der Waals surface area contributed by atoms with E-state index in [1.807, 2.05) is 13.1 Å². The Hall–Kier alpha value is -1.59. The minimum Gasteiger partial charge on any atom is -0.507 e. The van der Waals surface area contributed by atoms with Gasteiger partial charge in [0.25, 0.3) is 0 Å². The molecule has 1 aliphatic rings. The molecule has 0 heterocycles. The lowest BCUT2D eigenvalue weighted by molar-refractivity contribution is 0.0597. The fourth-order valence-corrected chi connectivity index (χ4v) is 1.96. The topological polar surface area (TPSA) is 59.0 Å². The van der Waals surface area contributed by atoms with E-state index in [1.54, 1.807) is 12.1 Å². The number of benzene rings is 1. The van der Waals surface area contributed by atoms with Crippen LogP contribution in [0.3, 0.4) is 0 Å². The molecule has 1 aromatic carbocycles. The van der Waals surface area contributed by atoms with Crippen LogP contribution in [0, 0.1) is 0 Å². The average Bonchev–Trinajstić information content (AvgIpc) is 3.22. The van der Waals surface area contributed by atoms with Crippen LogP contribution in [0.25, 0.3) is 0 Å². The van der Waals surface area contributed by atoms with Crippen LogP contribution >= 0.6 is 0 Å². The molecule has 0 atom stereocenters. The normalized spacial score (nSPS) is 14.6. The van der Waals surface area contributed by atoms with Gasteiger partial charge in [0.1, 0.15) is 11.3 Å². The SMILES string of the molecule is COC(=O)c1ccc(CN(C)CCOC2CC2)cc1O. The zero-order chi connectivity index (χ0) is 14.5. The third kappa shape index (κ3) is 4.21. The molecule has 110 valence electrons. The molecule has 0 unspecified atom stereocenters. The zero-order valence-corrected chi connectivity index (χ0v) is 12.0. The summed E-state index contributed by atoms with van der Waals surface area (Å²) in [7, 11) is 3.30. The first-order chi connectivity index (χ1) is 9.60. The molecular formula is C15H21NO4. The summed E-state index contributed by atoms with van der Waals surface area (Å²) in [5.74, 6) is -0.572. The van der Waals surface area contributed by atoms with Crippen molar-refractivity contribution in [2.45, 2.75) is 25.5 Å². The number of rotatable bonds is 7. The Kier molecular flexibility index (Phi) is 4.98. The van der Waals surface area contributed by atoms with Gasteiger partial charge in [0.2, 0.25) is 0 Å². The lowest BCUT2D eigenvalue weighted by atomic mass is 10.1. The van der Waals surface area contributed by atoms with Gasteiger partial charge in [-0.05, 0) is 37.6 Å². The first kappa shape index (κ1) is 14.8. The van der Waals surface area contributed by atoms with Crippen LogP contribution < -0.4 is 0 Å². The molecule has 0 radical (unpaired) electrons. The highest BCUT2D eigenvalue weighted by Crippen LogP contribution is 2.23. The van der Waals surface area contributed by atoms with E-state index >= 15 is 0 Å². The maximum Gasteiger partial charge on any atom is 0.341 e. The number of hydrogen-bond donors (Lipinski definition) is 1. The Balaban J connectivity index is 1.85. The average molecular weight is 279 g/mol. The number of ether oxygens (including phenoxy) is 2. The molecule has 0 spiro atoms. The van der Waals surface area contributed by atoms with E-state index in [4.69, 9.17) is 4.74 Å². The van der Waals surface area contributed by atoms with Gasteiger partial charge in [-0.25, -0.2) is 4.79 Å². The fraction of sp³-hybridized carbons (Fsp3) is 0.533. The molecule has 0 aromatic heterocycles. The maximum absolute atomic E-state index is 11.4. The number of nitrogens with zero attached hydrogens (tertiary/aromatic N) is 1. The van der Waals surface area contributed by atoms with Gasteiger partial charge in [-0.1, -0.05) is 6.07 Å². The Morgan fingerprint density at radius 1 is 1.45 bits per heavy atom. The molecule has 20 heavy (non-hydrogen) atoms. The van der Waals surface area contributed by atoms with Gasteiger partial charge in [-0.3, -0.25) is 4.90 Å². The maximum atomic E-state index is 11.4. The fourth-order valence-electron chi connectivity index (χ4n) is 1.96.